The second-order valence-corrected chi connectivity index (χ2v) is 13.8. The van der Waals surface area contributed by atoms with Gasteiger partial charge in [0.1, 0.15) is 0 Å². The standard InChI is InChI=1S/C45H26S/c1-2-13-30-27(10-1)23-25-39-43(30)34-14-3-5-18-36(34)45(39)37-19-6-4-15-35(37)44-31(16-9-20-38(44)45)29-22-24-32-33-17-7-11-28-12-8-21-40(42(28)33)46-41(32)26-29/h1-26H. The summed E-state index contributed by atoms with van der Waals surface area (Å²) in [5.74, 6) is 0. The Bertz CT molecular complexity index is 2620. The fourth-order valence-corrected chi connectivity index (χ4v) is 10.1. The predicted octanol–water partition coefficient (Wildman–Crippen LogP) is 12.1. The number of rotatable bonds is 1. The van der Waals surface area contributed by atoms with Crippen LogP contribution in [0.25, 0.3) is 66.1 Å². The maximum Gasteiger partial charge on any atom is 0.0725 e. The van der Waals surface area contributed by atoms with Crippen molar-refractivity contribution in [2.75, 3.05) is 0 Å². The highest BCUT2D eigenvalue weighted by Crippen LogP contribution is 2.65. The summed E-state index contributed by atoms with van der Waals surface area (Å²) in [7, 11) is 0. The lowest BCUT2D eigenvalue weighted by atomic mass is 9.70. The molecule has 0 saturated heterocycles. The zero-order chi connectivity index (χ0) is 30.0. The molecule has 8 aromatic carbocycles. The Hall–Kier alpha value is -5.37. The summed E-state index contributed by atoms with van der Waals surface area (Å²) in [5.41, 5.74) is 15.8. The molecule has 1 heterocycles. The normalized spacial score (nSPS) is 16.3. The van der Waals surface area contributed by atoms with Crippen molar-refractivity contribution in [3.05, 3.63) is 180 Å². The molecule has 0 saturated carbocycles. The van der Waals surface area contributed by atoms with Gasteiger partial charge >= 0.3 is 0 Å². The Labute approximate surface area is 272 Å². The van der Waals surface area contributed by atoms with Gasteiger partial charge in [0.05, 0.1) is 5.41 Å². The van der Waals surface area contributed by atoms with Gasteiger partial charge in [0.25, 0.3) is 0 Å². The highest BCUT2D eigenvalue weighted by atomic mass is 32.2. The molecule has 0 nitrogen and oxygen atoms in total. The van der Waals surface area contributed by atoms with Crippen LogP contribution in [0.2, 0.25) is 0 Å². The fraction of sp³-hybridized carbons (Fsp3) is 0.0222. The van der Waals surface area contributed by atoms with Crippen molar-refractivity contribution in [1.82, 2.24) is 0 Å². The van der Waals surface area contributed by atoms with Gasteiger partial charge in [-0.25, -0.2) is 0 Å². The van der Waals surface area contributed by atoms with Crippen LogP contribution in [0.5, 0.6) is 0 Å². The molecule has 0 fully saturated rings. The molecule has 46 heavy (non-hydrogen) atoms. The third-order valence-electron chi connectivity index (χ3n) is 10.7. The van der Waals surface area contributed by atoms with Gasteiger partial charge in [-0.2, -0.15) is 0 Å². The molecular formula is C45H26S. The summed E-state index contributed by atoms with van der Waals surface area (Å²) in [6.07, 6.45) is 0. The molecule has 212 valence electrons. The molecule has 2 aliphatic carbocycles. The van der Waals surface area contributed by atoms with Gasteiger partial charge in [-0.15, -0.1) is 0 Å². The van der Waals surface area contributed by atoms with Crippen LogP contribution in [0.15, 0.2) is 168 Å². The van der Waals surface area contributed by atoms with Crippen LogP contribution in [-0.4, -0.2) is 0 Å². The van der Waals surface area contributed by atoms with Crippen LogP contribution in [0.4, 0.5) is 0 Å². The van der Waals surface area contributed by atoms with Crippen LogP contribution in [0.3, 0.4) is 0 Å². The van der Waals surface area contributed by atoms with E-state index < -0.39 is 0 Å². The van der Waals surface area contributed by atoms with E-state index in [0.717, 1.165) is 0 Å². The zero-order valence-corrected chi connectivity index (χ0v) is 25.7. The highest BCUT2D eigenvalue weighted by molar-refractivity contribution is 7.99. The molecular weight excluding hydrogens is 573 g/mol. The quantitative estimate of drug-likeness (QED) is 0.181. The molecule has 0 amide bonds. The average Bonchev–Trinajstić information content (AvgIpc) is 3.59. The van der Waals surface area contributed by atoms with Crippen LogP contribution in [0.1, 0.15) is 22.3 Å². The fourth-order valence-electron chi connectivity index (χ4n) is 8.93. The maximum atomic E-state index is 2.43. The second kappa shape index (κ2) is 8.88. The van der Waals surface area contributed by atoms with E-state index in [1.54, 1.807) is 0 Å². The third-order valence-corrected chi connectivity index (χ3v) is 11.8. The Morgan fingerprint density at radius 1 is 0.370 bits per heavy atom. The van der Waals surface area contributed by atoms with Crippen LogP contribution >= 0.6 is 11.8 Å². The summed E-state index contributed by atoms with van der Waals surface area (Å²) in [6.45, 7) is 0. The zero-order valence-electron chi connectivity index (χ0n) is 24.9. The lowest BCUT2D eigenvalue weighted by Gasteiger charge is -2.30. The number of hydrogen-bond donors (Lipinski definition) is 0. The first-order chi connectivity index (χ1) is 22.8. The van der Waals surface area contributed by atoms with E-state index in [9.17, 15) is 0 Å². The molecule has 0 bridgehead atoms. The Balaban J connectivity index is 1.20. The summed E-state index contributed by atoms with van der Waals surface area (Å²) in [4.78, 5) is 2.66. The second-order valence-electron chi connectivity index (χ2n) is 12.8. The van der Waals surface area contributed by atoms with E-state index in [4.69, 9.17) is 0 Å². The SMILES string of the molecule is c1ccc2c(c1)-c1c(-c3ccc4c(c3)Sc3cccc5cccc-4c35)cccc1C21c2ccccc2-c2c1ccc1ccccc21. The van der Waals surface area contributed by atoms with Gasteiger partial charge in [-0.1, -0.05) is 157 Å². The largest absolute Gasteiger partial charge is 0.0888 e. The molecule has 1 spiro atoms. The van der Waals surface area contributed by atoms with Gasteiger partial charge in [-0.3, -0.25) is 0 Å². The van der Waals surface area contributed by atoms with Crippen LogP contribution in [0, 0.1) is 0 Å². The predicted molar refractivity (Wildman–Crippen MR) is 193 cm³/mol. The van der Waals surface area contributed by atoms with Crippen molar-refractivity contribution in [2.45, 2.75) is 15.2 Å². The van der Waals surface area contributed by atoms with Gasteiger partial charge < -0.3 is 0 Å². The summed E-state index contributed by atoms with van der Waals surface area (Å²) in [5, 5.41) is 5.30. The Kier molecular flexibility index (Phi) is 4.80. The third kappa shape index (κ3) is 2.97. The monoisotopic (exact) mass is 598 g/mol. The molecule has 1 unspecified atom stereocenters. The molecule has 0 radical (unpaired) electrons. The Morgan fingerprint density at radius 3 is 1.87 bits per heavy atom. The molecule has 1 atom stereocenters. The van der Waals surface area contributed by atoms with Crippen molar-refractivity contribution in [3.8, 4) is 44.5 Å². The van der Waals surface area contributed by atoms with E-state index in [1.807, 2.05) is 11.8 Å². The molecule has 11 rings (SSSR count). The van der Waals surface area contributed by atoms with E-state index >= 15 is 0 Å². The number of hydrogen-bond acceptors (Lipinski definition) is 1. The smallest absolute Gasteiger partial charge is 0.0725 e. The van der Waals surface area contributed by atoms with Crippen molar-refractivity contribution in [1.29, 1.82) is 0 Å². The molecule has 1 aliphatic heterocycles. The van der Waals surface area contributed by atoms with E-state index in [1.165, 1.54) is 98.1 Å². The van der Waals surface area contributed by atoms with E-state index in [-0.39, 0.29) is 5.41 Å². The summed E-state index contributed by atoms with van der Waals surface area (Å²) < 4.78 is 0. The lowest BCUT2D eigenvalue weighted by Crippen LogP contribution is -2.25. The van der Waals surface area contributed by atoms with Crippen molar-refractivity contribution in [3.63, 3.8) is 0 Å². The van der Waals surface area contributed by atoms with Crippen LogP contribution < -0.4 is 0 Å². The molecule has 1 heteroatoms. The minimum Gasteiger partial charge on any atom is -0.0888 e. The minimum absolute atomic E-state index is 0.366. The topological polar surface area (TPSA) is 0 Å². The minimum atomic E-state index is -0.366. The van der Waals surface area contributed by atoms with Gasteiger partial charge in [-0.05, 0) is 95.1 Å². The average molecular weight is 599 g/mol. The summed E-state index contributed by atoms with van der Waals surface area (Å²) in [6, 6.07) is 59.4. The lowest BCUT2D eigenvalue weighted by molar-refractivity contribution is 0.794. The first kappa shape index (κ1) is 24.9. The number of fused-ring (bicyclic) bond motifs is 14. The highest BCUT2D eigenvalue weighted by Gasteiger charge is 2.52. The first-order valence-corrected chi connectivity index (χ1v) is 16.8. The first-order valence-electron chi connectivity index (χ1n) is 16.0. The maximum absolute atomic E-state index is 2.43. The number of benzene rings is 8. The van der Waals surface area contributed by atoms with Gasteiger partial charge in [0.2, 0.25) is 0 Å². The van der Waals surface area contributed by atoms with Crippen molar-refractivity contribution in [2.24, 2.45) is 0 Å². The molecule has 8 aromatic rings. The summed E-state index contributed by atoms with van der Waals surface area (Å²) >= 11 is 1.90. The van der Waals surface area contributed by atoms with E-state index in [2.05, 4.69) is 158 Å². The Morgan fingerprint density at radius 2 is 1.00 bits per heavy atom. The van der Waals surface area contributed by atoms with Crippen LogP contribution in [-0.2, 0) is 5.41 Å². The van der Waals surface area contributed by atoms with E-state index in [0.29, 0.717) is 0 Å². The molecule has 0 N–H and O–H groups in total. The van der Waals surface area contributed by atoms with Gasteiger partial charge in [0, 0.05) is 15.2 Å². The molecule has 0 aromatic heterocycles. The molecule has 3 aliphatic rings. The van der Waals surface area contributed by atoms with Gasteiger partial charge in [0.15, 0.2) is 0 Å². The van der Waals surface area contributed by atoms with Crippen molar-refractivity contribution >= 4 is 33.3 Å². The van der Waals surface area contributed by atoms with Crippen molar-refractivity contribution < 1.29 is 0 Å².